The zero-order valence-electron chi connectivity index (χ0n) is 22.7. The Labute approximate surface area is 210 Å². The van der Waals surface area contributed by atoms with Crippen LogP contribution in [0.15, 0.2) is 0 Å². The highest BCUT2D eigenvalue weighted by Gasteiger charge is 2.89. The number of aliphatic hydroxyl groups excluding tert-OH is 2. The summed E-state index contributed by atoms with van der Waals surface area (Å²) in [6.07, 6.45) is 8.55. The summed E-state index contributed by atoms with van der Waals surface area (Å²) in [6.45, 7) is 14.3. The largest absolute Gasteiger partial charge is 0.455 e. The van der Waals surface area contributed by atoms with Crippen LogP contribution in [0.5, 0.6) is 0 Å². The lowest BCUT2D eigenvalue weighted by molar-refractivity contribution is -0.277. The van der Waals surface area contributed by atoms with Gasteiger partial charge in [-0.1, -0.05) is 41.5 Å². The number of epoxide rings is 1. The number of rotatable bonds is 1. The van der Waals surface area contributed by atoms with Crippen molar-refractivity contribution in [3.63, 3.8) is 0 Å². The molecular formula is C30H46O5. The van der Waals surface area contributed by atoms with Crippen molar-refractivity contribution in [2.24, 2.45) is 50.2 Å². The third kappa shape index (κ3) is 2.26. The molecule has 0 aromatic carbocycles. The molecule has 5 heteroatoms. The van der Waals surface area contributed by atoms with Crippen LogP contribution in [0, 0.1) is 50.2 Å². The highest BCUT2D eigenvalue weighted by molar-refractivity contribution is 5.82. The van der Waals surface area contributed by atoms with Gasteiger partial charge in [-0.3, -0.25) is 4.79 Å². The summed E-state index contributed by atoms with van der Waals surface area (Å²) >= 11 is 0. The first-order chi connectivity index (χ1) is 16.3. The fourth-order valence-electron chi connectivity index (χ4n) is 12.2. The second-order valence-electron chi connectivity index (χ2n) is 15.8. The smallest absolute Gasteiger partial charge is 0.313 e. The van der Waals surface area contributed by atoms with Crippen molar-refractivity contribution in [2.45, 2.75) is 123 Å². The first kappa shape index (κ1) is 23.5. The van der Waals surface area contributed by atoms with Crippen LogP contribution in [0.2, 0.25) is 0 Å². The number of hydrogen-bond donors (Lipinski definition) is 2. The molecule has 0 radical (unpaired) electrons. The summed E-state index contributed by atoms with van der Waals surface area (Å²) in [4.78, 5) is 13.8. The quantitative estimate of drug-likeness (QED) is 0.408. The number of aliphatic hydroxyl groups is 2. The molecule has 7 fully saturated rings. The molecular weight excluding hydrogens is 440 g/mol. The maximum Gasteiger partial charge on any atom is 0.313 e. The van der Waals surface area contributed by atoms with E-state index in [1.54, 1.807) is 0 Å². The topological polar surface area (TPSA) is 79.3 Å². The molecule has 0 unspecified atom stereocenters. The third-order valence-corrected chi connectivity index (χ3v) is 14.3. The lowest BCUT2D eigenvalue weighted by atomic mass is 9.30. The molecule has 5 nitrogen and oxygen atoms in total. The van der Waals surface area contributed by atoms with Gasteiger partial charge >= 0.3 is 5.97 Å². The minimum atomic E-state index is -0.506. The predicted molar refractivity (Wildman–Crippen MR) is 131 cm³/mol. The van der Waals surface area contributed by atoms with Crippen molar-refractivity contribution in [3.05, 3.63) is 0 Å². The van der Waals surface area contributed by atoms with Crippen LogP contribution in [-0.4, -0.2) is 46.7 Å². The molecule has 2 heterocycles. The van der Waals surface area contributed by atoms with Gasteiger partial charge in [0.05, 0.1) is 24.2 Å². The Morgan fingerprint density at radius 1 is 0.914 bits per heavy atom. The van der Waals surface area contributed by atoms with E-state index < -0.39 is 17.1 Å². The monoisotopic (exact) mass is 486 g/mol. The molecule has 12 atom stereocenters. The second-order valence-corrected chi connectivity index (χ2v) is 15.8. The number of hydrogen-bond acceptors (Lipinski definition) is 5. The van der Waals surface area contributed by atoms with E-state index in [0.717, 1.165) is 57.8 Å². The van der Waals surface area contributed by atoms with Crippen LogP contribution in [0.4, 0.5) is 0 Å². The maximum atomic E-state index is 13.8. The molecule has 2 bridgehead atoms. The van der Waals surface area contributed by atoms with E-state index in [0.29, 0.717) is 5.92 Å². The Hall–Kier alpha value is -0.650. The molecule has 0 aromatic heterocycles. The van der Waals surface area contributed by atoms with Crippen molar-refractivity contribution in [2.75, 3.05) is 6.61 Å². The number of carbonyl (C=O) groups excluding carboxylic acids is 1. The van der Waals surface area contributed by atoms with E-state index in [2.05, 4.69) is 41.5 Å². The van der Waals surface area contributed by atoms with Gasteiger partial charge in [0.15, 0.2) is 5.60 Å². The van der Waals surface area contributed by atoms with Gasteiger partial charge in [-0.15, -0.1) is 0 Å². The second kappa shape index (κ2) is 6.31. The first-order valence-corrected chi connectivity index (χ1v) is 14.4. The van der Waals surface area contributed by atoms with Gasteiger partial charge in [-0.05, 0) is 85.9 Å². The predicted octanol–water partition coefficient (Wildman–Crippen LogP) is 4.87. The highest BCUT2D eigenvalue weighted by atomic mass is 16.6. The van der Waals surface area contributed by atoms with Gasteiger partial charge in [0.2, 0.25) is 0 Å². The molecule has 5 saturated carbocycles. The molecule has 5 aliphatic carbocycles. The average molecular weight is 487 g/mol. The van der Waals surface area contributed by atoms with Crippen LogP contribution >= 0.6 is 0 Å². The lowest BCUT2D eigenvalue weighted by Crippen LogP contribution is -2.75. The minimum absolute atomic E-state index is 0.00147. The molecule has 7 aliphatic rings. The van der Waals surface area contributed by atoms with Gasteiger partial charge in [-0.2, -0.15) is 0 Å². The van der Waals surface area contributed by atoms with E-state index in [-0.39, 0.29) is 63.7 Å². The van der Waals surface area contributed by atoms with E-state index in [1.807, 2.05) is 0 Å². The van der Waals surface area contributed by atoms with Gasteiger partial charge in [0, 0.05) is 16.7 Å². The summed E-state index contributed by atoms with van der Waals surface area (Å²) < 4.78 is 13.6. The van der Waals surface area contributed by atoms with Crippen molar-refractivity contribution in [1.29, 1.82) is 0 Å². The summed E-state index contributed by atoms with van der Waals surface area (Å²) in [7, 11) is 0. The van der Waals surface area contributed by atoms with Crippen LogP contribution in [-0.2, 0) is 14.3 Å². The molecule has 0 aromatic rings. The number of ether oxygens (including phenoxy) is 2. The zero-order chi connectivity index (χ0) is 25.0. The van der Waals surface area contributed by atoms with E-state index in [4.69, 9.17) is 9.47 Å². The molecule has 2 N–H and O–H groups in total. The molecule has 35 heavy (non-hydrogen) atoms. The fourth-order valence-corrected chi connectivity index (χ4v) is 12.2. The van der Waals surface area contributed by atoms with E-state index in [9.17, 15) is 15.0 Å². The van der Waals surface area contributed by atoms with E-state index in [1.165, 1.54) is 0 Å². The van der Waals surface area contributed by atoms with E-state index >= 15 is 0 Å². The summed E-state index contributed by atoms with van der Waals surface area (Å²) in [5.41, 5.74) is -1.20. The summed E-state index contributed by atoms with van der Waals surface area (Å²) in [6, 6.07) is 0. The number of carbonyl (C=O) groups is 1. The Morgan fingerprint density at radius 2 is 1.63 bits per heavy atom. The van der Waals surface area contributed by atoms with Crippen molar-refractivity contribution < 1.29 is 24.5 Å². The van der Waals surface area contributed by atoms with Gasteiger partial charge < -0.3 is 19.7 Å². The number of esters is 1. The molecule has 1 spiro atoms. The van der Waals surface area contributed by atoms with Gasteiger partial charge in [0.25, 0.3) is 0 Å². The standard InChI is InChI=1S/C30H46O5/c1-24(2)11-13-29-14-12-28(6)27(5)10-7-17-25(3,9-8-19(32)26(17,4)16-31)21(27)20-22(34-20)30(28,18(29)15-24)35-23(29)33/h17-22,31-32H,7-16H2,1-6H3/t17-,18-,19+,20+,21-,22+,25+,26+,27-,28+,29+,30-/m1/s1. The van der Waals surface area contributed by atoms with Crippen LogP contribution in [0.3, 0.4) is 0 Å². The van der Waals surface area contributed by atoms with Crippen LogP contribution < -0.4 is 0 Å². The normalized spacial score (nSPS) is 63.6. The summed E-state index contributed by atoms with van der Waals surface area (Å²) in [5, 5.41) is 21.5. The lowest BCUT2D eigenvalue weighted by Gasteiger charge is -2.72. The fraction of sp³-hybridized carbons (Fsp3) is 0.967. The zero-order valence-corrected chi connectivity index (χ0v) is 22.7. The van der Waals surface area contributed by atoms with Crippen molar-refractivity contribution in [3.8, 4) is 0 Å². The SMILES string of the molecule is CC1(C)CC[C@@]23CC[C@]4(C)[C@@](OC2=O)([C@@H]3C1)[C@H]1O[C@H]1[C@@H]1[C@@]2(C)CC[C@H](O)[C@@](C)(CO)[C@@H]2CC[C@]14C. The molecule has 2 saturated heterocycles. The first-order valence-electron chi connectivity index (χ1n) is 14.4. The Balaban J connectivity index is 1.37. The van der Waals surface area contributed by atoms with Crippen molar-refractivity contribution >= 4 is 5.97 Å². The van der Waals surface area contributed by atoms with Gasteiger partial charge in [0.1, 0.15) is 6.10 Å². The molecule has 2 aliphatic heterocycles. The van der Waals surface area contributed by atoms with Crippen LogP contribution in [0.1, 0.15) is 99.3 Å². The molecule has 0 amide bonds. The van der Waals surface area contributed by atoms with Gasteiger partial charge in [-0.25, -0.2) is 0 Å². The molecule has 196 valence electrons. The van der Waals surface area contributed by atoms with Crippen LogP contribution in [0.25, 0.3) is 0 Å². The Morgan fingerprint density at radius 3 is 2.34 bits per heavy atom. The Bertz CT molecular complexity index is 993. The number of fused-ring (bicyclic) bond motifs is 6. The highest BCUT2D eigenvalue weighted by Crippen LogP contribution is 2.83. The third-order valence-electron chi connectivity index (χ3n) is 14.3. The van der Waals surface area contributed by atoms with Crippen molar-refractivity contribution in [1.82, 2.24) is 0 Å². The summed E-state index contributed by atoms with van der Waals surface area (Å²) in [5.74, 6) is 0.952. The maximum absolute atomic E-state index is 13.8. The minimum Gasteiger partial charge on any atom is -0.455 e. The Kier molecular flexibility index (Phi) is 4.23. The average Bonchev–Trinajstić information content (AvgIpc) is 3.55. The molecule has 7 rings (SSSR count).